The summed E-state index contributed by atoms with van der Waals surface area (Å²) < 4.78 is 52.4. The van der Waals surface area contributed by atoms with Crippen LogP contribution in [-0.4, -0.2) is 69.0 Å². The third-order valence-electron chi connectivity index (χ3n) is 7.11. The van der Waals surface area contributed by atoms with E-state index in [-0.39, 0.29) is 12.1 Å². The number of fused-ring (bicyclic) bond motifs is 1. The van der Waals surface area contributed by atoms with Crippen molar-refractivity contribution in [3.05, 3.63) is 48.2 Å². The molecule has 5 rings (SSSR count). The number of likely N-dealkylation sites (tertiary alicyclic amines) is 1. The number of alkyl halides is 3. The minimum atomic E-state index is -4.44. The average molecular weight is 547 g/mol. The Labute approximate surface area is 224 Å². The zero-order valence-corrected chi connectivity index (χ0v) is 22.3. The quantitative estimate of drug-likeness (QED) is 0.452. The molecule has 5 heterocycles. The van der Waals surface area contributed by atoms with Gasteiger partial charge in [0, 0.05) is 38.6 Å². The minimum Gasteiger partial charge on any atom is -0.444 e. The van der Waals surface area contributed by atoms with Crippen LogP contribution in [0.4, 0.5) is 23.8 Å². The summed E-state index contributed by atoms with van der Waals surface area (Å²) in [6.45, 7) is 8.94. The molecule has 1 amide bonds. The second-order valence-corrected chi connectivity index (χ2v) is 11.1. The molecule has 0 spiro atoms. The van der Waals surface area contributed by atoms with Crippen LogP contribution in [0.3, 0.4) is 0 Å². The number of pyridine rings is 1. The van der Waals surface area contributed by atoms with Crippen LogP contribution in [0, 0.1) is 5.92 Å². The third-order valence-corrected chi connectivity index (χ3v) is 7.11. The maximum Gasteiger partial charge on any atom is 0.417 e. The van der Waals surface area contributed by atoms with Crippen molar-refractivity contribution >= 4 is 22.9 Å². The van der Waals surface area contributed by atoms with Crippen LogP contribution in [0.2, 0.25) is 0 Å². The van der Waals surface area contributed by atoms with Crippen LogP contribution < -0.4 is 4.90 Å². The molecule has 2 fully saturated rings. The Morgan fingerprint density at radius 1 is 1.08 bits per heavy atom. The smallest absolute Gasteiger partial charge is 0.417 e. The van der Waals surface area contributed by atoms with E-state index in [2.05, 4.69) is 19.5 Å². The van der Waals surface area contributed by atoms with Crippen molar-refractivity contribution in [2.75, 3.05) is 37.7 Å². The fourth-order valence-electron chi connectivity index (χ4n) is 5.14. The van der Waals surface area contributed by atoms with Crippen molar-refractivity contribution in [2.24, 2.45) is 5.92 Å². The number of carbonyl (C=O) groups excluding carboxylic acids is 1. The summed E-state index contributed by atoms with van der Waals surface area (Å²) in [5, 5.41) is 0.863. The first-order valence-electron chi connectivity index (χ1n) is 13.1. The van der Waals surface area contributed by atoms with Gasteiger partial charge in [-0.2, -0.15) is 13.2 Å². The van der Waals surface area contributed by atoms with E-state index in [0.29, 0.717) is 50.3 Å². The van der Waals surface area contributed by atoms with Crippen molar-refractivity contribution in [3.63, 3.8) is 0 Å². The van der Waals surface area contributed by atoms with Gasteiger partial charge in [0.1, 0.15) is 23.4 Å². The number of hydrogen-bond acceptors (Lipinski definition) is 7. The van der Waals surface area contributed by atoms with Gasteiger partial charge in [0.2, 0.25) is 0 Å². The lowest BCUT2D eigenvalue weighted by Gasteiger charge is -2.36. The lowest BCUT2D eigenvalue weighted by Crippen LogP contribution is -2.42. The van der Waals surface area contributed by atoms with E-state index in [1.807, 2.05) is 37.9 Å². The van der Waals surface area contributed by atoms with Crippen LogP contribution >= 0.6 is 0 Å². The zero-order chi connectivity index (χ0) is 27.8. The fraction of sp³-hybridized carbons (Fsp3) is 0.556. The molecule has 0 radical (unpaired) electrons. The number of rotatable bonds is 4. The number of hydrogen-bond donors (Lipinski definition) is 0. The highest BCUT2D eigenvalue weighted by Crippen LogP contribution is 2.34. The number of halogens is 3. The Hall–Kier alpha value is -3.41. The van der Waals surface area contributed by atoms with Gasteiger partial charge in [-0.1, -0.05) is 0 Å². The number of piperidine rings is 1. The number of aromatic nitrogens is 4. The van der Waals surface area contributed by atoms with E-state index in [1.54, 1.807) is 4.90 Å². The van der Waals surface area contributed by atoms with Crippen molar-refractivity contribution < 1.29 is 27.4 Å². The summed E-state index contributed by atoms with van der Waals surface area (Å²) in [4.78, 5) is 29.4. The molecule has 3 aromatic heterocycles. The Balaban J connectivity index is 1.31. The highest BCUT2D eigenvalue weighted by molar-refractivity contribution is 5.88. The van der Waals surface area contributed by atoms with Gasteiger partial charge in [-0.15, -0.1) is 0 Å². The van der Waals surface area contributed by atoms with Gasteiger partial charge in [0.15, 0.2) is 0 Å². The Morgan fingerprint density at radius 3 is 2.51 bits per heavy atom. The summed E-state index contributed by atoms with van der Waals surface area (Å²) >= 11 is 0. The molecule has 2 aliphatic rings. The molecule has 0 aromatic carbocycles. The van der Waals surface area contributed by atoms with Crippen LogP contribution in [0.5, 0.6) is 0 Å². The van der Waals surface area contributed by atoms with Crippen molar-refractivity contribution in [1.82, 2.24) is 24.4 Å². The van der Waals surface area contributed by atoms with Gasteiger partial charge >= 0.3 is 12.3 Å². The van der Waals surface area contributed by atoms with Gasteiger partial charge < -0.3 is 23.8 Å². The second-order valence-electron chi connectivity index (χ2n) is 11.1. The SMILES string of the molecule is CC(C)(C)OC(=O)N1CCC(Cn2ccc3c(N4CCOCC4c4ccc(C(F)(F)F)cn4)ncnc32)CC1. The standard InChI is InChI=1S/C27H33F3N6O3/c1-26(2,3)39-25(37)34-9-6-18(7-10-34)15-35-11-8-20-23(35)32-17-33-24(20)36-12-13-38-16-22(36)21-5-4-19(14-31-21)27(28,29)30/h4-5,8,11,14,17-18,22H,6-7,9-10,12-13,15-16H2,1-3H3. The van der Waals surface area contributed by atoms with Gasteiger partial charge in [0.05, 0.1) is 35.9 Å². The van der Waals surface area contributed by atoms with Gasteiger partial charge in [-0.3, -0.25) is 4.98 Å². The molecule has 0 bridgehead atoms. The molecule has 3 aromatic rings. The molecule has 0 aliphatic carbocycles. The lowest BCUT2D eigenvalue weighted by molar-refractivity contribution is -0.137. The molecule has 0 saturated carbocycles. The molecule has 210 valence electrons. The first kappa shape index (κ1) is 27.2. The van der Waals surface area contributed by atoms with Crippen LogP contribution in [0.1, 0.15) is 50.9 Å². The molecule has 0 N–H and O–H groups in total. The van der Waals surface area contributed by atoms with E-state index in [1.165, 1.54) is 12.4 Å². The molecule has 1 atom stereocenters. The van der Waals surface area contributed by atoms with Crippen molar-refractivity contribution in [3.8, 4) is 0 Å². The number of nitrogens with zero attached hydrogens (tertiary/aromatic N) is 6. The van der Waals surface area contributed by atoms with E-state index in [0.717, 1.165) is 42.7 Å². The van der Waals surface area contributed by atoms with Gasteiger partial charge in [-0.25, -0.2) is 14.8 Å². The lowest BCUT2D eigenvalue weighted by atomic mass is 9.97. The van der Waals surface area contributed by atoms with Crippen LogP contribution in [-0.2, 0) is 22.2 Å². The minimum absolute atomic E-state index is 0.271. The Kier molecular flexibility index (Phi) is 7.41. The number of anilines is 1. The largest absolute Gasteiger partial charge is 0.444 e. The molecule has 12 heteroatoms. The number of ether oxygens (including phenoxy) is 2. The van der Waals surface area contributed by atoms with Crippen molar-refractivity contribution in [2.45, 2.75) is 58.0 Å². The zero-order valence-electron chi connectivity index (χ0n) is 22.3. The number of morpholine rings is 1. The summed E-state index contributed by atoms with van der Waals surface area (Å²) in [6.07, 6.45) is 1.39. The molecule has 39 heavy (non-hydrogen) atoms. The second kappa shape index (κ2) is 10.6. The van der Waals surface area contributed by atoms with E-state index in [9.17, 15) is 18.0 Å². The summed E-state index contributed by atoms with van der Waals surface area (Å²) in [5.41, 5.74) is -0.0175. The van der Waals surface area contributed by atoms with E-state index >= 15 is 0 Å². The van der Waals surface area contributed by atoms with E-state index in [4.69, 9.17) is 9.47 Å². The van der Waals surface area contributed by atoms with Gasteiger partial charge in [0.25, 0.3) is 0 Å². The predicted octanol–water partition coefficient (Wildman–Crippen LogP) is 5.07. The first-order chi connectivity index (χ1) is 18.5. The van der Waals surface area contributed by atoms with Gasteiger partial charge in [-0.05, 0) is 57.7 Å². The third kappa shape index (κ3) is 6.10. The van der Waals surface area contributed by atoms with Crippen molar-refractivity contribution in [1.29, 1.82) is 0 Å². The maximum atomic E-state index is 13.0. The molecular formula is C27H33F3N6O3. The molecule has 2 saturated heterocycles. The molecule has 1 unspecified atom stereocenters. The summed E-state index contributed by atoms with van der Waals surface area (Å²) in [6, 6.07) is 4.06. The van der Waals surface area contributed by atoms with E-state index < -0.39 is 17.3 Å². The molecule has 2 aliphatic heterocycles. The summed E-state index contributed by atoms with van der Waals surface area (Å²) in [5.74, 6) is 1.08. The van der Waals surface area contributed by atoms with Crippen LogP contribution in [0.15, 0.2) is 36.9 Å². The number of carbonyl (C=O) groups is 1. The predicted molar refractivity (Wildman–Crippen MR) is 138 cm³/mol. The molecular weight excluding hydrogens is 513 g/mol. The highest BCUT2D eigenvalue weighted by atomic mass is 19.4. The van der Waals surface area contributed by atoms with Crippen LogP contribution in [0.25, 0.3) is 11.0 Å². The number of amides is 1. The average Bonchev–Trinajstić information content (AvgIpc) is 3.30. The first-order valence-corrected chi connectivity index (χ1v) is 13.1. The maximum absolute atomic E-state index is 13.0. The monoisotopic (exact) mass is 546 g/mol. The Bertz CT molecular complexity index is 1300. The highest BCUT2D eigenvalue weighted by Gasteiger charge is 2.33. The summed E-state index contributed by atoms with van der Waals surface area (Å²) in [7, 11) is 0. The Morgan fingerprint density at radius 2 is 1.85 bits per heavy atom. The molecule has 9 nitrogen and oxygen atoms in total. The topological polar surface area (TPSA) is 85.6 Å². The normalized spacial score (nSPS) is 19.5. The fourth-order valence-corrected chi connectivity index (χ4v) is 5.14.